The lowest BCUT2D eigenvalue weighted by Gasteiger charge is -2.16. The molecule has 1 saturated carbocycles. The van der Waals surface area contributed by atoms with E-state index in [1.54, 1.807) is 25.4 Å². The van der Waals surface area contributed by atoms with Gasteiger partial charge in [0.25, 0.3) is 5.56 Å². The van der Waals surface area contributed by atoms with Crippen LogP contribution in [0.15, 0.2) is 29.3 Å². The highest BCUT2D eigenvalue weighted by atomic mass is 35.5. The largest absolute Gasteiger partial charge is 0.355 e. The fourth-order valence-electron chi connectivity index (χ4n) is 3.64. The first kappa shape index (κ1) is 26.1. The van der Waals surface area contributed by atoms with E-state index >= 15 is 0 Å². The van der Waals surface area contributed by atoms with Crippen LogP contribution in [0.2, 0.25) is 0 Å². The van der Waals surface area contributed by atoms with E-state index in [4.69, 9.17) is 0 Å². The monoisotopic (exact) mass is 455 g/mol. The van der Waals surface area contributed by atoms with Crippen LogP contribution in [0.4, 0.5) is 0 Å². The van der Waals surface area contributed by atoms with Crippen molar-refractivity contribution in [3.8, 4) is 11.4 Å². The van der Waals surface area contributed by atoms with Crippen LogP contribution in [0.25, 0.3) is 11.4 Å². The van der Waals surface area contributed by atoms with E-state index in [9.17, 15) is 9.59 Å². The van der Waals surface area contributed by atoms with Gasteiger partial charge >= 0.3 is 0 Å². The predicted molar refractivity (Wildman–Crippen MR) is 124 cm³/mol. The van der Waals surface area contributed by atoms with Gasteiger partial charge in [0.15, 0.2) is 0 Å². The van der Waals surface area contributed by atoms with Crippen LogP contribution in [0.3, 0.4) is 0 Å². The number of H-pyrrole nitrogens is 1. The van der Waals surface area contributed by atoms with Crippen molar-refractivity contribution in [3.63, 3.8) is 0 Å². The first-order chi connectivity index (χ1) is 13.6. The normalized spacial score (nSPS) is 14.2. The fraction of sp³-hybridized carbons (Fsp3) is 0.524. The molecular formula is C21H31Cl2N5O2. The van der Waals surface area contributed by atoms with Crippen LogP contribution in [0, 0.1) is 6.92 Å². The Morgan fingerprint density at radius 3 is 2.53 bits per heavy atom. The van der Waals surface area contributed by atoms with Crippen molar-refractivity contribution < 1.29 is 4.79 Å². The van der Waals surface area contributed by atoms with E-state index in [2.05, 4.69) is 25.6 Å². The minimum atomic E-state index is -0.280. The van der Waals surface area contributed by atoms with Gasteiger partial charge in [-0.3, -0.25) is 14.6 Å². The van der Waals surface area contributed by atoms with Gasteiger partial charge in [0.1, 0.15) is 5.82 Å². The maximum atomic E-state index is 12.4. The van der Waals surface area contributed by atoms with Gasteiger partial charge in [-0.2, -0.15) is 0 Å². The lowest BCUT2D eigenvalue weighted by molar-refractivity contribution is -0.120. The molecule has 0 spiro atoms. The van der Waals surface area contributed by atoms with Crippen molar-refractivity contribution in [2.75, 3.05) is 13.1 Å². The summed E-state index contributed by atoms with van der Waals surface area (Å²) < 4.78 is 0. The molecule has 0 saturated heterocycles. The zero-order valence-electron chi connectivity index (χ0n) is 17.3. The van der Waals surface area contributed by atoms with Crippen LogP contribution >= 0.6 is 24.8 Å². The summed E-state index contributed by atoms with van der Waals surface area (Å²) in [6, 6.07) is 4.18. The number of aromatic nitrogens is 3. The van der Waals surface area contributed by atoms with E-state index < -0.39 is 0 Å². The minimum Gasteiger partial charge on any atom is -0.355 e. The second kappa shape index (κ2) is 13.4. The molecule has 0 bridgehead atoms. The third kappa shape index (κ3) is 7.70. The summed E-state index contributed by atoms with van der Waals surface area (Å²) in [4.78, 5) is 35.9. The maximum absolute atomic E-state index is 12.4. The summed E-state index contributed by atoms with van der Waals surface area (Å²) in [7, 11) is 0. The van der Waals surface area contributed by atoms with Gasteiger partial charge in [-0.1, -0.05) is 25.7 Å². The number of pyridine rings is 1. The summed E-state index contributed by atoms with van der Waals surface area (Å²) in [5.41, 5.74) is 1.43. The summed E-state index contributed by atoms with van der Waals surface area (Å²) in [6.45, 7) is 3.07. The van der Waals surface area contributed by atoms with Gasteiger partial charge < -0.3 is 15.6 Å². The van der Waals surface area contributed by atoms with E-state index in [1.807, 2.05) is 6.07 Å². The zero-order valence-corrected chi connectivity index (χ0v) is 18.9. The summed E-state index contributed by atoms with van der Waals surface area (Å²) in [6.07, 6.45) is 11.0. The Balaban J connectivity index is 0.00000225. The number of hydrogen-bond donors (Lipinski definition) is 3. The van der Waals surface area contributed by atoms with Crippen LogP contribution in [-0.4, -0.2) is 40.0 Å². The number of aryl methyl sites for hydroxylation is 1. The molecule has 1 aliphatic carbocycles. The molecule has 1 amide bonds. The number of nitrogens with one attached hydrogen (secondary N) is 3. The van der Waals surface area contributed by atoms with Gasteiger partial charge in [-0.25, -0.2) is 4.98 Å². The van der Waals surface area contributed by atoms with Crippen LogP contribution < -0.4 is 16.2 Å². The molecule has 0 radical (unpaired) electrons. The zero-order chi connectivity index (χ0) is 19.8. The Morgan fingerprint density at radius 2 is 1.90 bits per heavy atom. The Bertz CT molecular complexity index is 837. The number of hydrogen-bond acceptors (Lipinski definition) is 5. The van der Waals surface area contributed by atoms with Crippen LogP contribution in [-0.2, 0) is 11.2 Å². The Hall–Kier alpha value is -1.96. The molecule has 0 aromatic carbocycles. The highest BCUT2D eigenvalue weighted by molar-refractivity contribution is 5.85. The number of aromatic amines is 1. The van der Waals surface area contributed by atoms with E-state index in [-0.39, 0.29) is 42.7 Å². The molecule has 0 atom stereocenters. The lowest BCUT2D eigenvalue weighted by atomic mass is 10.1. The average Bonchev–Trinajstić information content (AvgIpc) is 2.97. The van der Waals surface area contributed by atoms with Gasteiger partial charge in [0, 0.05) is 48.3 Å². The quantitative estimate of drug-likeness (QED) is 0.440. The SMILES string of the molecule is Cc1nc(-c2cccnc2)[nH]c(=O)c1CC(=O)NCCNC1CCCCCC1.Cl.Cl. The Morgan fingerprint density at radius 1 is 1.17 bits per heavy atom. The van der Waals surface area contributed by atoms with Gasteiger partial charge in [-0.05, 0) is 31.9 Å². The minimum absolute atomic E-state index is 0. The van der Waals surface area contributed by atoms with Crippen molar-refractivity contribution in [2.45, 2.75) is 57.9 Å². The molecule has 3 N–H and O–H groups in total. The van der Waals surface area contributed by atoms with Gasteiger partial charge in [0.05, 0.1) is 6.42 Å². The first-order valence-electron chi connectivity index (χ1n) is 10.1. The first-order valence-corrected chi connectivity index (χ1v) is 10.1. The number of nitrogens with zero attached hydrogens (tertiary/aromatic N) is 2. The predicted octanol–water partition coefficient (Wildman–Crippen LogP) is 2.96. The van der Waals surface area contributed by atoms with Crippen molar-refractivity contribution in [3.05, 3.63) is 46.1 Å². The van der Waals surface area contributed by atoms with E-state index in [1.165, 1.54) is 38.5 Å². The van der Waals surface area contributed by atoms with Crippen LogP contribution in [0.1, 0.15) is 49.8 Å². The van der Waals surface area contributed by atoms with Gasteiger partial charge in [0.2, 0.25) is 5.91 Å². The number of carbonyl (C=O) groups is 1. The second-order valence-electron chi connectivity index (χ2n) is 7.39. The molecule has 166 valence electrons. The molecule has 0 aliphatic heterocycles. The van der Waals surface area contributed by atoms with Gasteiger partial charge in [-0.15, -0.1) is 24.8 Å². The maximum Gasteiger partial charge on any atom is 0.255 e. The van der Waals surface area contributed by atoms with Crippen LogP contribution in [0.5, 0.6) is 0 Å². The lowest BCUT2D eigenvalue weighted by Crippen LogP contribution is -2.38. The smallest absolute Gasteiger partial charge is 0.255 e. The number of halogens is 2. The molecule has 30 heavy (non-hydrogen) atoms. The molecule has 3 rings (SSSR count). The molecule has 2 aromatic heterocycles. The molecule has 9 heteroatoms. The third-order valence-electron chi connectivity index (χ3n) is 5.23. The Kier molecular flexibility index (Phi) is 11.6. The van der Waals surface area contributed by atoms with Crippen molar-refractivity contribution in [1.82, 2.24) is 25.6 Å². The summed E-state index contributed by atoms with van der Waals surface area (Å²) in [5.74, 6) is 0.305. The molecule has 2 aromatic rings. The molecule has 1 fully saturated rings. The average molecular weight is 456 g/mol. The van der Waals surface area contributed by atoms with E-state index in [0.29, 0.717) is 29.7 Å². The highest BCUT2D eigenvalue weighted by Crippen LogP contribution is 2.17. The van der Waals surface area contributed by atoms with Crippen molar-refractivity contribution >= 4 is 30.7 Å². The molecule has 2 heterocycles. The number of rotatable bonds is 7. The van der Waals surface area contributed by atoms with E-state index in [0.717, 1.165) is 12.1 Å². The molecular weight excluding hydrogens is 425 g/mol. The standard InChI is InChI=1S/C21H29N5O2.2ClH/c1-15-18(21(28)26-20(25-15)16-7-6-10-22-14-16)13-19(27)24-12-11-23-17-8-4-2-3-5-9-17;;/h6-7,10,14,17,23H,2-5,8-9,11-13H2,1H3,(H,24,27)(H,25,26,28);2*1H. The fourth-order valence-corrected chi connectivity index (χ4v) is 3.64. The number of carbonyl (C=O) groups excluding carboxylic acids is 1. The van der Waals surface area contributed by atoms with Crippen molar-refractivity contribution in [2.24, 2.45) is 0 Å². The molecule has 1 aliphatic rings. The summed E-state index contributed by atoms with van der Waals surface area (Å²) in [5, 5.41) is 6.42. The summed E-state index contributed by atoms with van der Waals surface area (Å²) >= 11 is 0. The highest BCUT2D eigenvalue weighted by Gasteiger charge is 2.14. The number of amides is 1. The Labute approximate surface area is 189 Å². The van der Waals surface area contributed by atoms with Crippen molar-refractivity contribution in [1.29, 1.82) is 0 Å². The third-order valence-corrected chi connectivity index (χ3v) is 5.23. The second-order valence-corrected chi connectivity index (χ2v) is 7.39. The molecule has 0 unspecified atom stereocenters. The topological polar surface area (TPSA) is 99.8 Å². The molecule has 7 nitrogen and oxygen atoms in total.